The van der Waals surface area contributed by atoms with Gasteiger partial charge in [0.2, 0.25) is 0 Å². The summed E-state index contributed by atoms with van der Waals surface area (Å²) in [5.41, 5.74) is 1.62. The van der Waals surface area contributed by atoms with Gasteiger partial charge in [-0.3, -0.25) is 4.79 Å². The molecule has 0 spiro atoms. The van der Waals surface area contributed by atoms with Crippen molar-refractivity contribution in [1.29, 1.82) is 0 Å². The summed E-state index contributed by atoms with van der Waals surface area (Å²) in [6.07, 6.45) is 2.04. The Kier molecular flexibility index (Phi) is 3.75. The average molecular weight is 325 g/mol. The molecule has 0 radical (unpaired) electrons. The second-order valence-electron chi connectivity index (χ2n) is 6.59. The van der Waals surface area contributed by atoms with Crippen LogP contribution in [-0.4, -0.2) is 23.0 Å². The minimum absolute atomic E-state index is 0.0375. The molecule has 0 saturated heterocycles. The van der Waals surface area contributed by atoms with Crippen molar-refractivity contribution in [2.24, 2.45) is 0 Å². The Morgan fingerprint density at radius 3 is 2.58 bits per heavy atom. The van der Waals surface area contributed by atoms with Crippen molar-refractivity contribution in [3.8, 4) is 5.75 Å². The highest BCUT2D eigenvalue weighted by Crippen LogP contribution is 2.38. The van der Waals surface area contributed by atoms with E-state index in [1.807, 2.05) is 42.2 Å². The third kappa shape index (κ3) is 2.66. The molecule has 2 unspecified atom stereocenters. The molecule has 1 heterocycles. The van der Waals surface area contributed by atoms with Gasteiger partial charge >= 0.3 is 0 Å². The first-order chi connectivity index (χ1) is 11.6. The number of hydrogen-bond acceptors (Lipinski definition) is 2. The van der Waals surface area contributed by atoms with E-state index in [0.29, 0.717) is 12.0 Å². The number of amides is 1. The molecule has 1 aliphatic carbocycles. The van der Waals surface area contributed by atoms with Crippen molar-refractivity contribution in [3.63, 3.8) is 0 Å². The van der Waals surface area contributed by atoms with Gasteiger partial charge in [-0.05, 0) is 37.5 Å². The molecule has 3 nitrogen and oxygen atoms in total. The van der Waals surface area contributed by atoms with Crippen LogP contribution in [0.25, 0.3) is 0 Å². The van der Waals surface area contributed by atoms with E-state index in [2.05, 4.69) is 0 Å². The van der Waals surface area contributed by atoms with Crippen molar-refractivity contribution in [3.05, 3.63) is 65.5 Å². The van der Waals surface area contributed by atoms with E-state index in [0.717, 1.165) is 24.2 Å². The Labute approximate surface area is 141 Å². The predicted molar refractivity (Wildman–Crippen MR) is 89.2 cm³/mol. The Hall–Kier alpha value is -2.36. The van der Waals surface area contributed by atoms with Gasteiger partial charge in [0.05, 0.1) is 6.04 Å². The zero-order valence-electron chi connectivity index (χ0n) is 13.6. The van der Waals surface area contributed by atoms with E-state index in [4.69, 9.17) is 4.74 Å². The fraction of sp³-hybridized carbons (Fsp3) is 0.350. The predicted octanol–water partition coefficient (Wildman–Crippen LogP) is 3.88. The summed E-state index contributed by atoms with van der Waals surface area (Å²) in [5, 5.41) is 0. The monoisotopic (exact) mass is 325 g/mol. The van der Waals surface area contributed by atoms with E-state index < -0.39 is 6.10 Å². The molecular formula is C20H20FNO2. The molecule has 1 saturated carbocycles. The smallest absolute Gasteiger partial charge is 0.264 e. The quantitative estimate of drug-likeness (QED) is 0.854. The maximum atomic E-state index is 14.2. The number of fused-ring (bicyclic) bond motifs is 1. The molecule has 4 heteroatoms. The lowest BCUT2D eigenvalue weighted by Gasteiger charge is -2.31. The first kappa shape index (κ1) is 15.2. The number of hydrogen-bond donors (Lipinski definition) is 0. The molecule has 24 heavy (non-hydrogen) atoms. The standard InChI is InChI=1S/C20H20FNO2/c1-13(16-7-3-4-8-17(16)21)22(15-10-11-15)20(23)19-12-14-6-2-5-9-18(14)24-19/h2-9,13,15,19H,10-12H2,1H3. The molecule has 0 aromatic heterocycles. The summed E-state index contributed by atoms with van der Waals surface area (Å²) in [6, 6.07) is 14.3. The number of carbonyl (C=O) groups excluding carboxylic acids is 1. The van der Waals surface area contributed by atoms with E-state index in [1.165, 1.54) is 6.07 Å². The number of halogens is 1. The summed E-state index contributed by atoms with van der Waals surface area (Å²) < 4.78 is 20.0. The van der Waals surface area contributed by atoms with Crippen LogP contribution in [0.2, 0.25) is 0 Å². The number of rotatable bonds is 4. The third-order valence-corrected chi connectivity index (χ3v) is 4.89. The second-order valence-corrected chi connectivity index (χ2v) is 6.59. The fourth-order valence-electron chi connectivity index (χ4n) is 3.49. The van der Waals surface area contributed by atoms with Gasteiger partial charge in [0.15, 0.2) is 6.10 Å². The summed E-state index contributed by atoms with van der Waals surface area (Å²) in [7, 11) is 0. The largest absolute Gasteiger partial charge is 0.480 e. The van der Waals surface area contributed by atoms with Gasteiger partial charge < -0.3 is 9.64 Å². The Bertz CT molecular complexity index is 747. The number of benzene rings is 2. The normalized spacial score (nSPS) is 20.2. The van der Waals surface area contributed by atoms with Gasteiger partial charge in [-0.1, -0.05) is 36.4 Å². The number of para-hydroxylation sites is 1. The van der Waals surface area contributed by atoms with Crippen LogP contribution in [0.1, 0.15) is 36.9 Å². The van der Waals surface area contributed by atoms with Gasteiger partial charge in [-0.15, -0.1) is 0 Å². The van der Waals surface area contributed by atoms with Crippen LogP contribution in [0.4, 0.5) is 4.39 Å². The van der Waals surface area contributed by atoms with Crippen LogP contribution in [0.15, 0.2) is 48.5 Å². The molecule has 2 aromatic carbocycles. The Morgan fingerprint density at radius 1 is 1.17 bits per heavy atom. The average Bonchev–Trinajstić information content (AvgIpc) is 3.32. The van der Waals surface area contributed by atoms with Crippen LogP contribution < -0.4 is 4.74 Å². The van der Waals surface area contributed by atoms with Crippen LogP contribution in [0.5, 0.6) is 5.75 Å². The first-order valence-corrected chi connectivity index (χ1v) is 8.46. The SMILES string of the molecule is CC(c1ccccc1F)N(C(=O)C1Cc2ccccc2O1)C1CC1. The minimum atomic E-state index is -0.503. The first-order valence-electron chi connectivity index (χ1n) is 8.46. The summed E-state index contributed by atoms with van der Waals surface area (Å²) in [4.78, 5) is 14.9. The lowest BCUT2D eigenvalue weighted by atomic mass is 10.0. The summed E-state index contributed by atoms with van der Waals surface area (Å²) in [5.74, 6) is 0.480. The van der Waals surface area contributed by atoms with Gasteiger partial charge in [-0.2, -0.15) is 0 Å². The van der Waals surface area contributed by atoms with Crippen molar-refractivity contribution in [2.45, 2.75) is 44.4 Å². The number of carbonyl (C=O) groups is 1. The van der Waals surface area contributed by atoms with Crippen LogP contribution in [0.3, 0.4) is 0 Å². The van der Waals surface area contributed by atoms with Gasteiger partial charge in [0.25, 0.3) is 5.91 Å². The van der Waals surface area contributed by atoms with E-state index in [9.17, 15) is 9.18 Å². The van der Waals surface area contributed by atoms with Gasteiger partial charge in [-0.25, -0.2) is 4.39 Å². The molecule has 1 amide bonds. The maximum absolute atomic E-state index is 14.2. The van der Waals surface area contributed by atoms with Crippen LogP contribution >= 0.6 is 0 Å². The zero-order chi connectivity index (χ0) is 16.7. The highest BCUT2D eigenvalue weighted by atomic mass is 19.1. The minimum Gasteiger partial charge on any atom is -0.480 e. The number of nitrogens with zero attached hydrogens (tertiary/aromatic N) is 1. The van der Waals surface area contributed by atoms with E-state index in [1.54, 1.807) is 12.1 Å². The maximum Gasteiger partial charge on any atom is 0.264 e. The number of ether oxygens (including phenoxy) is 1. The van der Waals surface area contributed by atoms with Crippen molar-refractivity contribution in [2.75, 3.05) is 0 Å². The molecule has 1 aliphatic heterocycles. The zero-order valence-corrected chi connectivity index (χ0v) is 13.6. The molecule has 0 N–H and O–H groups in total. The molecule has 4 rings (SSSR count). The summed E-state index contributed by atoms with van der Waals surface area (Å²) in [6.45, 7) is 1.90. The van der Waals surface area contributed by atoms with Crippen LogP contribution in [-0.2, 0) is 11.2 Å². The van der Waals surface area contributed by atoms with Crippen LogP contribution in [0, 0.1) is 5.82 Å². The van der Waals surface area contributed by atoms with Crippen molar-refractivity contribution >= 4 is 5.91 Å². The topological polar surface area (TPSA) is 29.5 Å². The van der Waals surface area contributed by atoms with E-state index in [-0.39, 0.29) is 23.8 Å². The summed E-state index contributed by atoms with van der Waals surface area (Å²) >= 11 is 0. The molecular weight excluding hydrogens is 305 g/mol. The highest BCUT2D eigenvalue weighted by molar-refractivity contribution is 5.83. The fourth-order valence-corrected chi connectivity index (χ4v) is 3.49. The lowest BCUT2D eigenvalue weighted by molar-refractivity contribution is -0.141. The van der Waals surface area contributed by atoms with Gasteiger partial charge in [0, 0.05) is 18.0 Å². The second kappa shape index (κ2) is 5.93. The lowest BCUT2D eigenvalue weighted by Crippen LogP contribution is -2.44. The van der Waals surface area contributed by atoms with E-state index >= 15 is 0 Å². The molecule has 2 atom stereocenters. The third-order valence-electron chi connectivity index (χ3n) is 4.89. The molecule has 1 fully saturated rings. The van der Waals surface area contributed by atoms with Crippen molar-refractivity contribution < 1.29 is 13.9 Å². The molecule has 0 bridgehead atoms. The van der Waals surface area contributed by atoms with Gasteiger partial charge in [0.1, 0.15) is 11.6 Å². The molecule has 2 aliphatic rings. The Morgan fingerprint density at radius 2 is 1.88 bits per heavy atom. The highest BCUT2D eigenvalue weighted by Gasteiger charge is 2.42. The Balaban J connectivity index is 1.58. The van der Waals surface area contributed by atoms with Crippen molar-refractivity contribution in [1.82, 2.24) is 4.90 Å². The molecule has 124 valence electrons. The molecule has 2 aromatic rings.